The third-order valence-electron chi connectivity index (χ3n) is 5.22. The molecule has 1 fully saturated rings. The maximum Gasteiger partial charge on any atom is 0.417 e. The minimum absolute atomic E-state index is 0.00547. The summed E-state index contributed by atoms with van der Waals surface area (Å²) in [4.78, 5) is 16.4. The molecule has 0 aliphatic heterocycles. The number of hydrogen-bond acceptors (Lipinski definition) is 3. The van der Waals surface area contributed by atoms with E-state index in [9.17, 15) is 31.9 Å². The smallest absolute Gasteiger partial charge is 0.387 e. The molecule has 1 unspecified atom stereocenters. The van der Waals surface area contributed by atoms with Gasteiger partial charge in [0.1, 0.15) is 17.7 Å². The third-order valence-corrected chi connectivity index (χ3v) is 5.82. The number of nitrogens with zero attached hydrogens (tertiary/aromatic N) is 1. The van der Waals surface area contributed by atoms with E-state index in [1.165, 1.54) is 6.07 Å². The number of carbonyl (C=O) groups is 1. The Bertz CT molecular complexity index is 958. The van der Waals surface area contributed by atoms with Crippen molar-refractivity contribution in [2.45, 2.75) is 49.7 Å². The molecular weight excluding hydrogens is 466 g/mol. The van der Waals surface area contributed by atoms with Gasteiger partial charge in [0.25, 0.3) is 5.91 Å². The summed E-state index contributed by atoms with van der Waals surface area (Å²) in [6, 6.07) is 2.66. The van der Waals surface area contributed by atoms with Gasteiger partial charge in [-0.05, 0) is 55.5 Å². The van der Waals surface area contributed by atoms with Crippen LogP contribution in [0.2, 0.25) is 10.0 Å². The monoisotopic (exact) mass is 482 g/mol. The molecule has 1 atom stereocenters. The van der Waals surface area contributed by atoms with Crippen molar-refractivity contribution in [1.29, 1.82) is 0 Å². The van der Waals surface area contributed by atoms with Gasteiger partial charge in [-0.1, -0.05) is 23.2 Å². The van der Waals surface area contributed by atoms with Crippen molar-refractivity contribution >= 4 is 29.1 Å². The highest BCUT2D eigenvalue weighted by Gasteiger charge is 2.43. The number of carbonyl (C=O) groups excluding carboxylic acids is 1. The molecular formula is C20H17Cl2F5N2O2. The molecule has 11 heteroatoms. The number of benzene rings is 1. The van der Waals surface area contributed by atoms with Crippen LogP contribution in [0, 0.1) is 5.82 Å². The molecule has 2 aromatic rings. The Hall–Kier alpha value is -1.97. The first kappa shape index (κ1) is 23.7. The van der Waals surface area contributed by atoms with Crippen molar-refractivity contribution in [3.8, 4) is 0 Å². The zero-order valence-corrected chi connectivity index (χ0v) is 17.3. The number of rotatable bonds is 4. The highest BCUT2D eigenvalue weighted by molar-refractivity contribution is 6.34. The van der Waals surface area contributed by atoms with Crippen molar-refractivity contribution in [2.75, 3.05) is 0 Å². The van der Waals surface area contributed by atoms with Gasteiger partial charge in [0.2, 0.25) is 0 Å². The summed E-state index contributed by atoms with van der Waals surface area (Å²) in [5.41, 5.74) is -3.59. The molecule has 1 amide bonds. The molecule has 2 N–H and O–H groups in total. The van der Waals surface area contributed by atoms with E-state index in [1.54, 1.807) is 0 Å². The van der Waals surface area contributed by atoms with Gasteiger partial charge in [-0.2, -0.15) is 13.2 Å². The number of alkyl halides is 4. The Morgan fingerprint density at radius 1 is 1.23 bits per heavy atom. The Balaban J connectivity index is 2.00. The van der Waals surface area contributed by atoms with Crippen LogP contribution < -0.4 is 5.32 Å². The lowest BCUT2D eigenvalue weighted by Crippen LogP contribution is -2.48. The van der Waals surface area contributed by atoms with Crippen LogP contribution >= 0.6 is 23.2 Å². The highest BCUT2D eigenvalue weighted by atomic mass is 35.5. The lowest BCUT2D eigenvalue weighted by Gasteiger charge is -2.40. The molecule has 0 bridgehead atoms. The molecule has 1 heterocycles. The van der Waals surface area contributed by atoms with E-state index in [-0.39, 0.29) is 36.3 Å². The second-order valence-electron chi connectivity index (χ2n) is 7.41. The van der Waals surface area contributed by atoms with Gasteiger partial charge in [-0.3, -0.25) is 4.79 Å². The summed E-state index contributed by atoms with van der Waals surface area (Å²) < 4.78 is 67.0. The summed E-state index contributed by atoms with van der Waals surface area (Å²) in [5, 5.41) is 12.6. The van der Waals surface area contributed by atoms with Crippen LogP contribution in [0.4, 0.5) is 22.0 Å². The third kappa shape index (κ3) is 5.27. The normalized spacial score (nSPS) is 22.8. The molecule has 1 aliphatic carbocycles. The number of hydrogen-bond donors (Lipinski definition) is 2. The highest BCUT2D eigenvalue weighted by Crippen LogP contribution is 2.41. The molecule has 3 rings (SSSR count). The lowest BCUT2D eigenvalue weighted by atomic mass is 9.76. The number of pyridine rings is 1. The zero-order valence-electron chi connectivity index (χ0n) is 15.8. The van der Waals surface area contributed by atoms with E-state index in [0.29, 0.717) is 6.07 Å². The molecule has 31 heavy (non-hydrogen) atoms. The van der Waals surface area contributed by atoms with Crippen molar-refractivity contribution in [2.24, 2.45) is 0 Å². The van der Waals surface area contributed by atoms with Crippen molar-refractivity contribution in [3.05, 3.63) is 63.1 Å². The van der Waals surface area contributed by atoms with Crippen LogP contribution in [0.15, 0.2) is 30.5 Å². The maximum atomic E-state index is 14.0. The SMILES string of the molecule is O=C(NC(c1cc(F)cc(Cl)c1)[C@]1(O)CC[C@@H](F)CC1)c1nccc(C(F)(F)F)c1Cl. The first-order valence-corrected chi connectivity index (χ1v) is 10.0. The van der Waals surface area contributed by atoms with Gasteiger partial charge >= 0.3 is 6.18 Å². The second-order valence-corrected chi connectivity index (χ2v) is 8.22. The Kier molecular flexibility index (Phi) is 6.78. The molecule has 0 radical (unpaired) electrons. The molecule has 4 nitrogen and oxygen atoms in total. The summed E-state index contributed by atoms with van der Waals surface area (Å²) in [5.74, 6) is -1.86. The number of amides is 1. The average molecular weight is 483 g/mol. The van der Waals surface area contributed by atoms with Crippen molar-refractivity contribution in [3.63, 3.8) is 0 Å². The van der Waals surface area contributed by atoms with E-state index < -0.39 is 52.0 Å². The van der Waals surface area contributed by atoms with Crippen LogP contribution in [-0.4, -0.2) is 27.8 Å². The average Bonchev–Trinajstić information content (AvgIpc) is 2.66. The molecule has 168 valence electrons. The van der Waals surface area contributed by atoms with E-state index in [0.717, 1.165) is 18.3 Å². The zero-order chi connectivity index (χ0) is 23.0. The fourth-order valence-corrected chi connectivity index (χ4v) is 4.20. The molecule has 1 aromatic heterocycles. The number of aliphatic hydroxyl groups is 1. The molecule has 1 aliphatic rings. The number of nitrogens with one attached hydrogen (secondary N) is 1. The van der Waals surface area contributed by atoms with Gasteiger partial charge in [0.05, 0.1) is 22.2 Å². The van der Waals surface area contributed by atoms with Gasteiger partial charge in [0.15, 0.2) is 0 Å². The van der Waals surface area contributed by atoms with Gasteiger partial charge in [-0.25, -0.2) is 13.8 Å². The fraction of sp³-hybridized carbons (Fsp3) is 0.400. The quantitative estimate of drug-likeness (QED) is 0.552. The Morgan fingerprint density at radius 3 is 2.45 bits per heavy atom. The first-order valence-electron chi connectivity index (χ1n) is 9.26. The van der Waals surface area contributed by atoms with Gasteiger partial charge < -0.3 is 10.4 Å². The van der Waals surface area contributed by atoms with Crippen molar-refractivity contribution < 1.29 is 31.9 Å². The molecule has 0 spiro atoms. The fourth-order valence-electron chi connectivity index (χ4n) is 3.66. The summed E-state index contributed by atoms with van der Waals surface area (Å²) in [6.07, 6.45) is -5.34. The van der Waals surface area contributed by atoms with Gasteiger partial charge in [-0.15, -0.1) is 0 Å². The van der Waals surface area contributed by atoms with Crippen LogP contribution in [0.5, 0.6) is 0 Å². The molecule has 1 saturated carbocycles. The summed E-state index contributed by atoms with van der Waals surface area (Å²) in [7, 11) is 0. The van der Waals surface area contributed by atoms with E-state index >= 15 is 0 Å². The van der Waals surface area contributed by atoms with Crippen LogP contribution in [0.25, 0.3) is 0 Å². The predicted molar refractivity (Wildman–Crippen MR) is 104 cm³/mol. The topological polar surface area (TPSA) is 62.2 Å². The standard InChI is InChI=1S/C20H17Cl2F5N2O2/c21-11-7-10(8-13(24)9-11)17(19(31)4-1-12(23)2-5-19)29-18(30)16-15(22)14(3-6-28-16)20(25,26)27/h3,6-9,12,17,31H,1-2,4-5H2,(H,29,30)/t12-,17?,19+. The van der Waals surface area contributed by atoms with Crippen LogP contribution in [0.1, 0.15) is 53.3 Å². The van der Waals surface area contributed by atoms with Crippen LogP contribution in [-0.2, 0) is 6.18 Å². The Labute approximate surface area is 184 Å². The second kappa shape index (κ2) is 8.88. The minimum Gasteiger partial charge on any atom is -0.387 e. The number of aromatic nitrogens is 1. The van der Waals surface area contributed by atoms with E-state index in [2.05, 4.69) is 10.3 Å². The predicted octanol–water partition coefficient (Wildman–Crippen LogP) is 5.66. The Morgan fingerprint density at radius 2 is 1.87 bits per heavy atom. The maximum absolute atomic E-state index is 14.0. The lowest BCUT2D eigenvalue weighted by molar-refractivity contribution is -0.137. The minimum atomic E-state index is -4.82. The van der Waals surface area contributed by atoms with Crippen molar-refractivity contribution in [1.82, 2.24) is 10.3 Å². The van der Waals surface area contributed by atoms with Crippen LogP contribution in [0.3, 0.4) is 0 Å². The number of halogens is 7. The molecule has 1 aromatic carbocycles. The largest absolute Gasteiger partial charge is 0.417 e. The first-order chi connectivity index (χ1) is 14.4. The van der Waals surface area contributed by atoms with E-state index in [4.69, 9.17) is 23.2 Å². The van der Waals surface area contributed by atoms with E-state index in [1.807, 2.05) is 0 Å². The summed E-state index contributed by atoms with van der Waals surface area (Å²) >= 11 is 11.7. The summed E-state index contributed by atoms with van der Waals surface area (Å²) in [6.45, 7) is 0. The molecule has 0 saturated heterocycles. The van der Waals surface area contributed by atoms with Gasteiger partial charge in [0, 0.05) is 11.2 Å².